The van der Waals surface area contributed by atoms with Gasteiger partial charge in [0, 0.05) is 5.56 Å². The number of thiophene rings is 1. The second-order valence-electron chi connectivity index (χ2n) is 3.70. The summed E-state index contributed by atoms with van der Waals surface area (Å²) < 4.78 is 13.8. The highest BCUT2D eigenvalue weighted by Crippen LogP contribution is 2.33. The van der Waals surface area contributed by atoms with Gasteiger partial charge in [-0.2, -0.15) is 0 Å². The van der Waals surface area contributed by atoms with Crippen LogP contribution >= 0.6 is 66.4 Å². The molecule has 20 heavy (non-hydrogen) atoms. The third-order valence-corrected chi connectivity index (χ3v) is 6.98. The second-order valence-corrected chi connectivity index (χ2v) is 9.65. The molecule has 0 bridgehead atoms. The Morgan fingerprint density at radius 1 is 1.25 bits per heavy atom. The zero-order valence-electron chi connectivity index (χ0n) is 9.66. The fourth-order valence-corrected chi connectivity index (χ4v) is 6.38. The van der Waals surface area contributed by atoms with E-state index in [-0.39, 0.29) is 11.5 Å². The molecule has 0 saturated carbocycles. The first-order chi connectivity index (χ1) is 9.40. The molecule has 0 fully saturated rings. The van der Waals surface area contributed by atoms with Crippen molar-refractivity contribution in [1.82, 2.24) is 0 Å². The van der Waals surface area contributed by atoms with Crippen LogP contribution in [0.2, 0.25) is 10.0 Å². The van der Waals surface area contributed by atoms with E-state index < -0.39 is 10.8 Å². The molecule has 1 heterocycles. The number of benzene rings is 1. The molecule has 0 N–H and O–H groups in total. The summed E-state index contributed by atoms with van der Waals surface area (Å²) in [6.07, 6.45) is 0. The first kappa shape index (κ1) is 16.6. The molecular formula is C12H6Br2Cl2O2S2. The summed E-state index contributed by atoms with van der Waals surface area (Å²) in [5, 5.41) is 0.600. The van der Waals surface area contributed by atoms with Crippen LogP contribution in [0.1, 0.15) is 10.4 Å². The van der Waals surface area contributed by atoms with Gasteiger partial charge >= 0.3 is 0 Å². The van der Waals surface area contributed by atoms with E-state index in [4.69, 9.17) is 23.2 Å². The van der Waals surface area contributed by atoms with E-state index in [0.717, 1.165) is 3.79 Å². The summed E-state index contributed by atoms with van der Waals surface area (Å²) in [5.74, 6) is -0.390. The maximum Gasteiger partial charge on any atom is 0.177 e. The third kappa shape index (κ3) is 3.72. The SMILES string of the molecule is O=C(CS(=O)c1c(Cl)cccc1Cl)c1cc(Br)sc1Br. The van der Waals surface area contributed by atoms with E-state index in [1.54, 1.807) is 24.3 Å². The summed E-state index contributed by atoms with van der Waals surface area (Å²) >= 11 is 20.0. The molecule has 0 spiro atoms. The molecule has 0 radical (unpaired) electrons. The summed E-state index contributed by atoms with van der Waals surface area (Å²) in [7, 11) is -1.58. The molecule has 1 unspecified atom stereocenters. The molecule has 0 amide bonds. The molecule has 106 valence electrons. The molecule has 0 saturated heterocycles. The Labute approximate surface area is 149 Å². The van der Waals surface area contributed by atoms with Crippen molar-refractivity contribution in [3.05, 3.63) is 47.4 Å². The number of carbonyl (C=O) groups is 1. The van der Waals surface area contributed by atoms with Gasteiger partial charge in [-0.15, -0.1) is 11.3 Å². The zero-order valence-corrected chi connectivity index (χ0v) is 16.0. The molecule has 2 aromatic rings. The zero-order chi connectivity index (χ0) is 14.9. The van der Waals surface area contributed by atoms with Gasteiger partial charge in [0.15, 0.2) is 5.78 Å². The van der Waals surface area contributed by atoms with Gasteiger partial charge in [0.1, 0.15) is 0 Å². The average molecular weight is 477 g/mol. The molecular weight excluding hydrogens is 471 g/mol. The number of ketones is 1. The van der Waals surface area contributed by atoms with E-state index in [1.807, 2.05) is 0 Å². The minimum atomic E-state index is -1.58. The van der Waals surface area contributed by atoms with Crippen molar-refractivity contribution < 1.29 is 9.00 Å². The molecule has 1 aromatic heterocycles. The highest BCUT2D eigenvalue weighted by molar-refractivity contribution is 9.12. The van der Waals surface area contributed by atoms with Crippen LogP contribution in [-0.4, -0.2) is 15.7 Å². The predicted molar refractivity (Wildman–Crippen MR) is 91.8 cm³/mol. The van der Waals surface area contributed by atoms with Crippen molar-refractivity contribution in [1.29, 1.82) is 0 Å². The lowest BCUT2D eigenvalue weighted by Crippen LogP contribution is -2.11. The maximum absolute atomic E-state index is 12.3. The largest absolute Gasteiger partial charge is 0.293 e. The molecule has 8 heteroatoms. The highest BCUT2D eigenvalue weighted by Gasteiger charge is 2.20. The van der Waals surface area contributed by atoms with Gasteiger partial charge in [-0.1, -0.05) is 29.3 Å². The molecule has 1 atom stereocenters. The number of hydrogen-bond donors (Lipinski definition) is 0. The van der Waals surface area contributed by atoms with Crippen molar-refractivity contribution in [2.45, 2.75) is 4.90 Å². The lowest BCUT2D eigenvalue weighted by Gasteiger charge is -2.06. The molecule has 0 aliphatic heterocycles. The van der Waals surface area contributed by atoms with E-state index in [2.05, 4.69) is 31.9 Å². The van der Waals surface area contributed by atoms with Crippen LogP contribution in [0.5, 0.6) is 0 Å². The lowest BCUT2D eigenvalue weighted by molar-refractivity contribution is 0.102. The Hall–Kier alpha value is 0.280. The Morgan fingerprint density at radius 3 is 2.35 bits per heavy atom. The normalized spacial score (nSPS) is 12.4. The number of hydrogen-bond acceptors (Lipinski definition) is 3. The summed E-state index contributed by atoms with van der Waals surface area (Å²) in [4.78, 5) is 12.5. The maximum atomic E-state index is 12.3. The monoisotopic (exact) mass is 474 g/mol. The Morgan fingerprint density at radius 2 is 1.85 bits per heavy atom. The smallest absolute Gasteiger partial charge is 0.177 e. The van der Waals surface area contributed by atoms with Crippen LogP contribution < -0.4 is 0 Å². The van der Waals surface area contributed by atoms with Crippen molar-refractivity contribution in [2.75, 3.05) is 5.75 Å². The number of halogens is 4. The van der Waals surface area contributed by atoms with Crippen molar-refractivity contribution in [3.63, 3.8) is 0 Å². The van der Waals surface area contributed by atoms with Crippen LogP contribution in [0.15, 0.2) is 36.7 Å². The highest BCUT2D eigenvalue weighted by atomic mass is 79.9. The summed E-state index contributed by atoms with van der Waals surface area (Å²) in [5.41, 5.74) is 0.499. The Balaban J connectivity index is 2.24. The fourth-order valence-electron chi connectivity index (χ4n) is 1.50. The number of carbonyl (C=O) groups excluding carboxylic acids is 1. The van der Waals surface area contributed by atoms with Gasteiger partial charge in [-0.05, 0) is 50.1 Å². The van der Waals surface area contributed by atoms with E-state index in [0.29, 0.717) is 24.3 Å². The molecule has 2 rings (SSSR count). The van der Waals surface area contributed by atoms with Crippen LogP contribution in [0, 0.1) is 0 Å². The lowest BCUT2D eigenvalue weighted by atomic mass is 10.2. The molecule has 0 aliphatic rings. The van der Waals surface area contributed by atoms with Gasteiger partial charge in [0.05, 0.1) is 39.1 Å². The van der Waals surface area contributed by atoms with Gasteiger partial charge < -0.3 is 0 Å². The van der Waals surface area contributed by atoms with E-state index >= 15 is 0 Å². The quantitative estimate of drug-likeness (QED) is 0.540. The first-order valence-electron chi connectivity index (χ1n) is 5.20. The van der Waals surface area contributed by atoms with Crippen molar-refractivity contribution in [3.8, 4) is 0 Å². The standard InChI is InChI=1S/C12H6Br2Cl2O2S2/c13-10-4-6(12(14)19-10)9(17)5-20(18)11-7(15)2-1-3-8(11)16/h1-4H,5H2. The van der Waals surface area contributed by atoms with Gasteiger partial charge in [0.25, 0.3) is 0 Å². The minimum Gasteiger partial charge on any atom is -0.293 e. The first-order valence-corrected chi connectivity index (χ1v) is 9.68. The fraction of sp³-hybridized carbons (Fsp3) is 0.0833. The Bertz CT molecular complexity index is 681. The molecule has 1 aromatic carbocycles. The average Bonchev–Trinajstić information content (AvgIpc) is 2.68. The van der Waals surface area contributed by atoms with Crippen molar-refractivity contribution >= 4 is 83.0 Å². The molecule has 0 aliphatic carbocycles. The van der Waals surface area contributed by atoms with E-state index in [1.165, 1.54) is 11.3 Å². The Kier molecular flexibility index (Phi) is 5.85. The van der Waals surface area contributed by atoms with Crippen LogP contribution in [0.25, 0.3) is 0 Å². The van der Waals surface area contributed by atoms with Crippen molar-refractivity contribution in [2.24, 2.45) is 0 Å². The minimum absolute atomic E-state index is 0.161. The number of rotatable bonds is 4. The summed E-state index contributed by atoms with van der Waals surface area (Å²) in [6.45, 7) is 0. The van der Waals surface area contributed by atoms with Gasteiger partial charge in [-0.25, -0.2) is 0 Å². The van der Waals surface area contributed by atoms with Crippen LogP contribution in [-0.2, 0) is 10.8 Å². The molecule has 2 nitrogen and oxygen atoms in total. The topological polar surface area (TPSA) is 34.1 Å². The third-order valence-electron chi connectivity index (χ3n) is 2.37. The summed E-state index contributed by atoms with van der Waals surface area (Å²) in [6, 6.07) is 6.56. The van der Waals surface area contributed by atoms with Gasteiger partial charge in [0.2, 0.25) is 0 Å². The van der Waals surface area contributed by atoms with Crippen LogP contribution in [0.3, 0.4) is 0 Å². The van der Waals surface area contributed by atoms with Crippen LogP contribution in [0.4, 0.5) is 0 Å². The second kappa shape index (κ2) is 7.03. The van der Waals surface area contributed by atoms with E-state index in [9.17, 15) is 9.00 Å². The predicted octanol–water partition coefficient (Wildman–Crippen LogP) is 5.57. The van der Waals surface area contributed by atoms with Gasteiger partial charge in [-0.3, -0.25) is 9.00 Å². The number of Topliss-reactive ketones (excluding diaryl/α,β-unsaturated/α-hetero) is 1.